The maximum Gasteiger partial charge on any atom is 0.321 e. The summed E-state index contributed by atoms with van der Waals surface area (Å²) in [6, 6.07) is -1.46. The standard InChI is InChI=1S/C49H81NO37S2/c1-11(41(70)71)7-88-9-18-39-25(61)32(68)48(79-18)84-37-16(5-54)75-45(28(64)21(37)57)83-36-15(4-53)78-47(31(67)24(36)60)87-40-19(10-89-8-12(50)42(72)73)80-49(33(69)26(40)62)85-38-17(6-55)76-44(29(65)22(38)58)81-34-13(2-51)74-43(27(63)20(34)56)82-35-14(3-52)77-46(86-39)30(66)23(35)59/h11-40,43-49,51-69H,2-10,50H2,1H3,(H,70,71)(H,72,73)/t11-,12-,13?,14?,15?,16?,17?,18?,19?,20?,21-,22?,23-,24?,25-,26?,27+,28?,29+,30?,31+,32?,33+,34-,35-,36-,37-,38-,39-,40-,43-,44-,45+,46+,47+,48-,49+/m1/s1. The van der Waals surface area contributed by atoms with Crippen molar-refractivity contribution in [2.75, 3.05) is 56.0 Å². The van der Waals surface area contributed by atoms with Crippen LogP contribution in [0.3, 0.4) is 0 Å². The fraction of sp³-hybridized carbons (Fsp3) is 0.959. The van der Waals surface area contributed by atoms with Gasteiger partial charge in [-0.3, -0.25) is 9.59 Å². The van der Waals surface area contributed by atoms with Crippen molar-refractivity contribution in [3.63, 3.8) is 0 Å². The smallest absolute Gasteiger partial charge is 0.321 e. The summed E-state index contributed by atoms with van der Waals surface area (Å²) in [6.07, 6.45) is -70.9. The molecule has 0 aromatic rings. The molecule has 516 valence electrons. The van der Waals surface area contributed by atoms with Gasteiger partial charge in [0.1, 0.15) is 165 Å². The molecule has 14 unspecified atom stereocenters. The van der Waals surface area contributed by atoms with Crippen molar-refractivity contribution in [3.05, 3.63) is 0 Å². The number of carboxylic acids is 2. The molecule has 0 amide bonds. The van der Waals surface area contributed by atoms with Gasteiger partial charge in [0, 0.05) is 23.0 Å². The lowest BCUT2D eigenvalue weighted by atomic mass is 9.95. The number of aliphatic carboxylic acids is 2. The van der Waals surface area contributed by atoms with Gasteiger partial charge < -0.3 is 179 Å². The zero-order valence-corrected chi connectivity index (χ0v) is 48.7. The Kier molecular flexibility index (Phi) is 26.2. The van der Waals surface area contributed by atoms with E-state index in [-0.39, 0.29) is 23.0 Å². The molecule has 23 N–H and O–H groups in total. The highest BCUT2D eigenvalue weighted by atomic mass is 32.2. The minimum absolute atomic E-state index is 0.0967. The number of aliphatic hydroxyl groups is 19. The van der Waals surface area contributed by atoms with Gasteiger partial charge in [-0.05, 0) is 0 Å². The van der Waals surface area contributed by atoms with E-state index in [1.165, 1.54) is 6.92 Å². The van der Waals surface area contributed by atoms with Crippen molar-refractivity contribution >= 4 is 35.5 Å². The summed E-state index contributed by atoms with van der Waals surface area (Å²) in [5, 5.41) is 233. The molecule has 89 heavy (non-hydrogen) atoms. The Bertz CT molecular complexity index is 2190. The predicted octanol–water partition coefficient (Wildman–Crippen LogP) is -13.6. The molecule has 21 rings (SSSR count). The van der Waals surface area contributed by atoms with Crippen LogP contribution in [0.15, 0.2) is 0 Å². The van der Waals surface area contributed by atoms with E-state index in [0.29, 0.717) is 0 Å². The molecule has 0 aliphatic carbocycles. The van der Waals surface area contributed by atoms with Crippen molar-refractivity contribution in [3.8, 4) is 0 Å². The molecule has 21 saturated heterocycles. The first-order chi connectivity index (χ1) is 42.2. The van der Waals surface area contributed by atoms with E-state index in [9.17, 15) is 117 Å². The number of carbonyl (C=O) groups is 2. The minimum Gasteiger partial charge on any atom is -0.481 e. The molecule has 14 bridgehead atoms. The number of hydrogen-bond acceptors (Lipinski definition) is 38. The van der Waals surface area contributed by atoms with Gasteiger partial charge in [0.05, 0.1) is 51.2 Å². The molecule has 21 fully saturated rings. The summed E-state index contributed by atoms with van der Waals surface area (Å²) in [4.78, 5) is 23.3. The number of ether oxygens (including phenoxy) is 14. The Hall–Kier alpha value is -1.72. The maximum atomic E-state index is 11.7. The largest absolute Gasteiger partial charge is 0.481 e. The number of carboxylic acid groups (broad SMARTS) is 2. The molecule has 0 spiro atoms. The summed E-state index contributed by atoms with van der Waals surface area (Å²) >= 11 is 1.72. The van der Waals surface area contributed by atoms with Gasteiger partial charge in [-0.2, -0.15) is 23.5 Å². The average molecular weight is 1340 g/mol. The molecular weight excluding hydrogens is 1260 g/mol. The first kappa shape index (κ1) is 73.1. The van der Waals surface area contributed by atoms with Crippen molar-refractivity contribution in [1.29, 1.82) is 0 Å². The molecular formula is C49H81NO37S2. The third-order valence-electron chi connectivity index (χ3n) is 16.4. The molecule has 21 aliphatic rings. The highest BCUT2D eigenvalue weighted by Gasteiger charge is 2.60. The fourth-order valence-corrected chi connectivity index (χ4v) is 13.4. The third kappa shape index (κ3) is 15.9. The molecule has 0 aromatic carbocycles. The Labute approximate surface area is 512 Å². The van der Waals surface area contributed by atoms with Crippen LogP contribution in [0, 0.1) is 5.92 Å². The van der Waals surface area contributed by atoms with Crippen LogP contribution >= 0.6 is 23.5 Å². The van der Waals surface area contributed by atoms with E-state index in [1.54, 1.807) is 0 Å². The lowest BCUT2D eigenvalue weighted by molar-refractivity contribution is -0.395. The molecule has 40 heteroatoms. The minimum atomic E-state index is -2.25. The van der Waals surface area contributed by atoms with Crippen molar-refractivity contribution in [1.82, 2.24) is 0 Å². The average Bonchev–Trinajstić information content (AvgIpc) is 0.983. The zero-order valence-electron chi connectivity index (χ0n) is 47.0. The quantitative estimate of drug-likeness (QED) is 0.0724. The topological polar surface area (TPSA) is 614 Å². The van der Waals surface area contributed by atoms with Gasteiger partial charge in [0.15, 0.2) is 44.0 Å². The second kappa shape index (κ2) is 31.9. The van der Waals surface area contributed by atoms with Crippen molar-refractivity contribution < 1.29 is 183 Å². The van der Waals surface area contributed by atoms with Crippen LogP contribution in [0.25, 0.3) is 0 Å². The van der Waals surface area contributed by atoms with Crippen LogP contribution in [-0.2, 0) is 75.9 Å². The molecule has 0 aromatic heterocycles. The first-order valence-corrected chi connectivity index (χ1v) is 30.6. The normalized spacial score (nSPS) is 50.1. The first-order valence-electron chi connectivity index (χ1n) is 28.3. The summed E-state index contributed by atoms with van der Waals surface area (Å²) in [6.45, 7) is -4.01. The van der Waals surface area contributed by atoms with E-state index in [2.05, 4.69) is 0 Å². The van der Waals surface area contributed by atoms with Crippen molar-refractivity contribution in [2.24, 2.45) is 11.7 Å². The van der Waals surface area contributed by atoms with E-state index in [1.807, 2.05) is 0 Å². The number of rotatable bonds is 15. The van der Waals surface area contributed by atoms with E-state index >= 15 is 0 Å². The summed E-state index contributed by atoms with van der Waals surface area (Å²) in [5.41, 5.74) is 5.70. The maximum absolute atomic E-state index is 11.7. The molecule has 0 radical (unpaired) electrons. The van der Waals surface area contributed by atoms with Gasteiger partial charge in [-0.1, -0.05) is 6.92 Å². The monoisotopic (exact) mass is 1340 g/mol. The Balaban J connectivity index is 1.11. The molecule has 21 heterocycles. The molecule has 38 nitrogen and oxygen atoms in total. The van der Waals surface area contributed by atoms with Crippen LogP contribution < -0.4 is 5.73 Å². The predicted molar refractivity (Wildman–Crippen MR) is 281 cm³/mol. The third-order valence-corrected chi connectivity index (χ3v) is 18.9. The molecule has 21 aliphatic heterocycles. The Morgan fingerprint density at radius 3 is 0.697 bits per heavy atom. The van der Waals surface area contributed by atoms with E-state index in [0.717, 1.165) is 23.5 Å². The highest BCUT2D eigenvalue weighted by Crippen LogP contribution is 2.40. The Morgan fingerprint density at radius 1 is 0.315 bits per heavy atom. The second-order valence-electron chi connectivity index (χ2n) is 22.5. The van der Waals surface area contributed by atoms with E-state index < -0.39 is 272 Å². The van der Waals surface area contributed by atoms with E-state index in [4.69, 9.17) is 72.0 Å². The summed E-state index contributed by atoms with van der Waals surface area (Å²) in [5.74, 6) is -4.70. The number of thioether (sulfide) groups is 2. The van der Waals surface area contributed by atoms with Gasteiger partial charge >= 0.3 is 11.9 Å². The van der Waals surface area contributed by atoms with Crippen LogP contribution in [0.5, 0.6) is 0 Å². The molecule has 0 saturated carbocycles. The van der Waals surface area contributed by atoms with Crippen molar-refractivity contribution in [2.45, 2.75) is 228 Å². The van der Waals surface area contributed by atoms with Gasteiger partial charge in [0.25, 0.3) is 0 Å². The molecule has 37 atom stereocenters. The second-order valence-corrected chi connectivity index (χ2v) is 24.7. The zero-order chi connectivity index (χ0) is 65.2. The van der Waals surface area contributed by atoms with Crippen LogP contribution in [0.4, 0.5) is 0 Å². The highest BCUT2D eigenvalue weighted by molar-refractivity contribution is 7.99. The number of nitrogens with two attached hydrogens (primary N) is 1. The van der Waals surface area contributed by atoms with Gasteiger partial charge in [-0.25, -0.2) is 0 Å². The summed E-state index contributed by atoms with van der Waals surface area (Å²) in [7, 11) is 0. The fourth-order valence-electron chi connectivity index (χ4n) is 11.2. The lowest BCUT2D eigenvalue weighted by Gasteiger charge is -2.50. The van der Waals surface area contributed by atoms with Gasteiger partial charge in [0.2, 0.25) is 0 Å². The van der Waals surface area contributed by atoms with Crippen LogP contribution in [-0.4, -0.2) is 396 Å². The number of aliphatic hydroxyl groups excluding tert-OH is 19. The lowest BCUT2D eigenvalue weighted by Crippen LogP contribution is -2.68. The SMILES string of the molecule is C[C@H](CSCC1O[C@@H]2O[C@@H]3C(CO)O[C@@H](O[C@@H]4C(CO)O[C@@H](O[C@@H]5C(CSC[C@@H](N)C(=O)O)O[C@@H](O[C@@H]6C(CO)O[C@H](O[C@@H]7C(CO)O[C@H](O[C@@H]8C(CO)O[C@@H](O[C@H]1[C@H](O)C2O)C(O)[C@H]8O)[C@@H](O)C7O)[C@@H](O)C6O)[C@@H](O)C5O)[C@@H](O)C4O)C(O)[C@H]3O)C(=O)O. The number of hydrogen-bond donors (Lipinski definition) is 22. The van der Waals surface area contributed by atoms with Crippen LogP contribution in [0.2, 0.25) is 0 Å². The Morgan fingerprint density at radius 2 is 0.506 bits per heavy atom. The summed E-state index contributed by atoms with van der Waals surface area (Å²) < 4.78 is 81.8. The van der Waals surface area contributed by atoms with Gasteiger partial charge in [-0.15, -0.1) is 0 Å². The van der Waals surface area contributed by atoms with Crippen LogP contribution in [0.1, 0.15) is 6.92 Å².